The number of carboxylic acid groups (broad SMARTS) is 1. The summed E-state index contributed by atoms with van der Waals surface area (Å²) in [4.78, 5) is 23.3. The van der Waals surface area contributed by atoms with Crippen LogP contribution in [0.1, 0.15) is 26.3 Å². The number of carboxylic acids is 1. The van der Waals surface area contributed by atoms with E-state index in [-0.39, 0.29) is 0 Å². The Labute approximate surface area is 124 Å². The summed E-state index contributed by atoms with van der Waals surface area (Å²) < 4.78 is 0. The second kappa shape index (κ2) is 7.08. The lowest BCUT2D eigenvalue weighted by Gasteiger charge is -2.27. The van der Waals surface area contributed by atoms with E-state index >= 15 is 0 Å². The van der Waals surface area contributed by atoms with Gasteiger partial charge >= 0.3 is 12.0 Å². The maximum Gasteiger partial charge on any atom is 0.326 e. The van der Waals surface area contributed by atoms with E-state index in [4.69, 9.17) is 0 Å². The first-order valence-electron chi connectivity index (χ1n) is 6.78. The second-order valence-electron chi connectivity index (χ2n) is 5.92. The number of carbonyl (C=O) groups excluding carboxylic acids is 1. The molecule has 0 bridgehead atoms. The van der Waals surface area contributed by atoms with Crippen LogP contribution < -0.4 is 16.0 Å². The summed E-state index contributed by atoms with van der Waals surface area (Å²) in [6.07, 6.45) is 0. The van der Waals surface area contributed by atoms with Gasteiger partial charge in [-0.25, -0.2) is 9.59 Å². The van der Waals surface area contributed by atoms with Crippen LogP contribution in [0.4, 0.5) is 10.5 Å². The predicted molar refractivity (Wildman–Crippen MR) is 82.2 cm³/mol. The largest absolute Gasteiger partial charge is 0.480 e. The van der Waals surface area contributed by atoms with Crippen LogP contribution in [0.2, 0.25) is 0 Å². The van der Waals surface area contributed by atoms with Crippen LogP contribution in [0.3, 0.4) is 0 Å². The van der Waals surface area contributed by atoms with Gasteiger partial charge in [0, 0.05) is 12.2 Å². The highest BCUT2D eigenvalue weighted by Crippen LogP contribution is 2.20. The number of anilines is 1. The van der Waals surface area contributed by atoms with E-state index in [0.29, 0.717) is 12.2 Å². The van der Waals surface area contributed by atoms with E-state index in [1.165, 1.54) is 0 Å². The number of amides is 2. The Bertz CT molecular complexity index is 509. The quantitative estimate of drug-likeness (QED) is 0.668. The van der Waals surface area contributed by atoms with Crippen LogP contribution in [-0.4, -0.2) is 30.2 Å². The molecule has 21 heavy (non-hydrogen) atoms. The molecule has 0 saturated carbocycles. The molecular weight excluding hydrogens is 270 g/mol. The summed E-state index contributed by atoms with van der Waals surface area (Å²) in [5.74, 6) is -1.05. The number of hydrogen-bond donors (Lipinski definition) is 4. The summed E-state index contributed by atoms with van der Waals surface area (Å²) in [5.41, 5.74) is 1.01. The third kappa shape index (κ3) is 5.07. The zero-order chi connectivity index (χ0) is 16.0. The molecule has 1 rings (SSSR count). The van der Waals surface area contributed by atoms with Crippen molar-refractivity contribution in [3.8, 4) is 0 Å². The first kappa shape index (κ1) is 17.0. The van der Waals surface area contributed by atoms with Crippen molar-refractivity contribution in [3.63, 3.8) is 0 Å². The van der Waals surface area contributed by atoms with Crippen LogP contribution in [0.5, 0.6) is 0 Å². The summed E-state index contributed by atoms with van der Waals surface area (Å²) >= 11 is 0. The summed E-state index contributed by atoms with van der Waals surface area (Å²) in [5, 5.41) is 17.4. The average Bonchev–Trinajstić information content (AvgIpc) is 2.37. The van der Waals surface area contributed by atoms with Crippen LogP contribution >= 0.6 is 0 Å². The smallest absolute Gasteiger partial charge is 0.326 e. The van der Waals surface area contributed by atoms with Gasteiger partial charge in [0.15, 0.2) is 0 Å². The maximum absolute atomic E-state index is 12.0. The molecule has 0 aromatic heterocycles. The lowest BCUT2D eigenvalue weighted by atomic mass is 9.87. The summed E-state index contributed by atoms with van der Waals surface area (Å²) in [6, 6.07) is 5.87. The van der Waals surface area contributed by atoms with Crippen molar-refractivity contribution in [2.24, 2.45) is 5.41 Å². The molecule has 4 N–H and O–H groups in total. The molecule has 0 spiro atoms. The minimum atomic E-state index is -1.05. The van der Waals surface area contributed by atoms with Crippen molar-refractivity contribution in [1.29, 1.82) is 0 Å². The number of carbonyl (C=O) groups is 2. The highest BCUT2D eigenvalue weighted by atomic mass is 16.4. The molecular formula is C15H23N3O3. The van der Waals surface area contributed by atoms with Gasteiger partial charge in [0.2, 0.25) is 0 Å². The van der Waals surface area contributed by atoms with Crippen molar-refractivity contribution in [2.45, 2.75) is 33.4 Å². The zero-order valence-corrected chi connectivity index (χ0v) is 12.9. The first-order chi connectivity index (χ1) is 9.75. The Morgan fingerprint density at radius 3 is 2.38 bits per heavy atom. The molecule has 0 heterocycles. The minimum absolute atomic E-state index is 0.527. The minimum Gasteiger partial charge on any atom is -0.480 e. The molecule has 0 aliphatic rings. The number of rotatable bonds is 5. The summed E-state index contributed by atoms with van der Waals surface area (Å²) in [6.45, 7) is 5.90. The Balaban J connectivity index is 2.80. The van der Waals surface area contributed by atoms with Gasteiger partial charge in [0.1, 0.15) is 6.04 Å². The Morgan fingerprint density at radius 1 is 1.24 bits per heavy atom. The van der Waals surface area contributed by atoms with Gasteiger partial charge in [-0.1, -0.05) is 39.0 Å². The van der Waals surface area contributed by atoms with Crippen LogP contribution in [0.15, 0.2) is 24.3 Å². The number of para-hydroxylation sites is 1. The van der Waals surface area contributed by atoms with Gasteiger partial charge in [-0.3, -0.25) is 0 Å². The van der Waals surface area contributed by atoms with E-state index in [9.17, 15) is 14.7 Å². The average molecular weight is 293 g/mol. The third-order valence-electron chi connectivity index (χ3n) is 3.02. The molecule has 0 radical (unpaired) electrons. The molecule has 1 aromatic rings. The van der Waals surface area contributed by atoms with E-state index in [0.717, 1.165) is 5.56 Å². The predicted octanol–water partition coefficient (Wildman–Crippen LogP) is 2.03. The number of aliphatic carboxylic acids is 1. The number of benzene rings is 1. The summed E-state index contributed by atoms with van der Waals surface area (Å²) in [7, 11) is 1.82. The van der Waals surface area contributed by atoms with E-state index in [2.05, 4.69) is 16.0 Å². The van der Waals surface area contributed by atoms with Crippen molar-refractivity contribution in [3.05, 3.63) is 29.8 Å². The molecule has 6 heteroatoms. The van der Waals surface area contributed by atoms with Crippen molar-refractivity contribution in [1.82, 2.24) is 10.6 Å². The third-order valence-corrected chi connectivity index (χ3v) is 3.02. The van der Waals surface area contributed by atoms with Gasteiger partial charge < -0.3 is 21.1 Å². The normalized spacial score (nSPS) is 12.6. The Hall–Kier alpha value is -2.08. The number of hydrogen-bond acceptors (Lipinski definition) is 3. The van der Waals surface area contributed by atoms with Gasteiger partial charge in [0.25, 0.3) is 0 Å². The maximum atomic E-state index is 12.0. The topological polar surface area (TPSA) is 90.5 Å². The molecule has 1 atom stereocenters. The van der Waals surface area contributed by atoms with Gasteiger partial charge in [0.05, 0.1) is 0 Å². The molecule has 2 amide bonds. The highest BCUT2D eigenvalue weighted by Gasteiger charge is 2.32. The van der Waals surface area contributed by atoms with Crippen molar-refractivity contribution in [2.75, 3.05) is 12.4 Å². The first-order valence-corrected chi connectivity index (χ1v) is 6.78. The molecule has 0 fully saturated rings. The fourth-order valence-electron chi connectivity index (χ4n) is 1.93. The molecule has 1 aromatic carbocycles. The second-order valence-corrected chi connectivity index (χ2v) is 5.92. The standard InChI is InChI=1S/C15H23N3O3/c1-15(2,3)12(13(19)20)18-14(21)17-11-8-6-5-7-10(11)9-16-4/h5-8,12,16H,9H2,1-4H3,(H,19,20)(H2,17,18,21). The molecule has 6 nitrogen and oxygen atoms in total. The highest BCUT2D eigenvalue weighted by molar-refractivity contribution is 5.93. The zero-order valence-electron chi connectivity index (χ0n) is 12.9. The van der Waals surface area contributed by atoms with Gasteiger partial charge in [-0.2, -0.15) is 0 Å². The number of nitrogens with one attached hydrogen (secondary N) is 3. The van der Waals surface area contributed by atoms with E-state index in [1.54, 1.807) is 26.8 Å². The molecule has 116 valence electrons. The molecule has 0 aliphatic heterocycles. The van der Waals surface area contributed by atoms with Crippen LogP contribution in [0, 0.1) is 5.41 Å². The van der Waals surface area contributed by atoms with Crippen molar-refractivity contribution < 1.29 is 14.7 Å². The molecule has 1 unspecified atom stereocenters. The lowest BCUT2D eigenvalue weighted by molar-refractivity contribution is -0.141. The van der Waals surface area contributed by atoms with Crippen LogP contribution in [0.25, 0.3) is 0 Å². The molecule has 0 saturated heterocycles. The van der Waals surface area contributed by atoms with Crippen molar-refractivity contribution >= 4 is 17.7 Å². The Kier molecular flexibility index (Phi) is 5.72. The monoisotopic (exact) mass is 293 g/mol. The van der Waals surface area contributed by atoms with E-state index in [1.807, 2.05) is 25.2 Å². The fraction of sp³-hybridized carbons (Fsp3) is 0.467. The van der Waals surface area contributed by atoms with Crippen LogP contribution in [-0.2, 0) is 11.3 Å². The van der Waals surface area contributed by atoms with Gasteiger partial charge in [-0.05, 0) is 24.1 Å². The van der Waals surface area contributed by atoms with Gasteiger partial charge in [-0.15, -0.1) is 0 Å². The fourth-order valence-corrected chi connectivity index (χ4v) is 1.93. The molecule has 0 aliphatic carbocycles. The lowest BCUT2D eigenvalue weighted by Crippen LogP contribution is -2.50. The number of urea groups is 1. The van der Waals surface area contributed by atoms with E-state index < -0.39 is 23.5 Å². The SMILES string of the molecule is CNCc1ccccc1NC(=O)NC(C(=O)O)C(C)(C)C. The Morgan fingerprint density at radius 2 is 1.86 bits per heavy atom.